The maximum absolute atomic E-state index is 4.76. The molecular weight excluding hydrogens is 250 g/mol. The van der Waals surface area contributed by atoms with Crippen LogP contribution in [0.1, 0.15) is 17.1 Å². The van der Waals surface area contributed by atoms with Crippen molar-refractivity contribution >= 4 is 0 Å². The Morgan fingerprint density at radius 1 is 1.25 bits per heavy atom. The van der Waals surface area contributed by atoms with Crippen LogP contribution in [0.15, 0.2) is 36.8 Å². The quantitative estimate of drug-likeness (QED) is 0.569. The molecular formula is C15H15N5. The van der Waals surface area contributed by atoms with Crippen molar-refractivity contribution in [2.45, 2.75) is 26.4 Å². The van der Waals surface area contributed by atoms with Gasteiger partial charge in [-0.2, -0.15) is 5.10 Å². The lowest BCUT2D eigenvalue weighted by atomic mass is 10.1. The second-order valence-electron chi connectivity index (χ2n) is 5.15. The molecule has 2 aromatic heterocycles. The number of nitrogens with zero attached hydrogens (tertiary/aromatic N) is 5. The van der Waals surface area contributed by atoms with Gasteiger partial charge in [0.05, 0.1) is 5.69 Å². The van der Waals surface area contributed by atoms with Crippen LogP contribution in [0.4, 0.5) is 0 Å². The normalized spacial score (nSPS) is 12.4. The molecule has 0 saturated heterocycles. The fourth-order valence-electron chi connectivity index (χ4n) is 2.71. The van der Waals surface area contributed by atoms with Crippen LogP contribution in [0.25, 0.3) is 11.4 Å². The summed E-state index contributed by atoms with van der Waals surface area (Å²) in [5.74, 6) is 1.90. The Morgan fingerprint density at radius 2 is 2.15 bits per heavy atom. The minimum absolute atomic E-state index is 0.811. The summed E-state index contributed by atoms with van der Waals surface area (Å²) in [6.07, 6.45) is 4.80. The minimum Gasteiger partial charge on any atom is -0.326 e. The molecule has 0 bridgehead atoms. The van der Waals surface area contributed by atoms with Crippen LogP contribution >= 0.6 is 0 Å². The maximum Gasteiger partial charge on any atom is 0.147 e. The van der Waals surface area contributed by atoms with Gasteiger partial charge in [-0.1, -0.05) is 24.3 Å². The predicted molar refractivity (Wildman–Crippen MR) is 75.2 cm³/mol. The molecule has 0 aliphatic carbocycles. The lowest BCUT2D eigenvalue weighted by Crippen LogP contribution is -2.02. The summed E-state index contributed by atoms with van der Waals surface area (Å²) in [7, 11) is 0. The van der Waals surface area contributed by atoms with E-state index in [4.69, 9.17) is 4.98 Å². The van der Waals surface area contributed by atoms with E-state index in [0.717, 1.165) is 36.9 Å². The second-order valence-corrected chi connectivity index (χ2v) is 5.15. The van der Waals surface area contributed by atoms with Crippen molar-refractivity contribution in [3.63, 3.8) is 0 Å². The highest BCUT2D eigenvalue weighted by atomic mass is 15.3. The highest BCUT2D eigenvalue weighted by molar-refractivity contribution is 5.64. The number of imidazole rings is 1. The van der Waals surface area contributed by atoms with E-state index < -0.39 is 0 Å². The number of aryl methyl sites for hydroxylation is 3. The first-order valence-electron chi connectivity index (χ1n) is 6.80. The van der Waals surface area contributed by atoms with E-state index in [1.165, 1.54) is 11.1 Å². The Kier molecular flexibility index (Phi) is 2.45. The first-order valence-corrected chi connectivity index (χ1v) is 6.80. The third-order valence-corrected chi connectivity index (χ3v) is 3.67. The topological polar surface area (TPSA) is 48.5 Å². The van der Waals surface area contributed by atoms with Crippen LogP contribution in [0.3, 0.4) is 0 Å². The fraction of sp³-hybridized carbons (Fsp3) is 0.267. The number of hydrogen-bond donors (Lipinski definition) is 0. The van der Waals surface area contributed by atoms with Crippen molar-refractivity contribution < 1.29 is 0 Å². The average Bonchev–Trinajstić information content (AvgIpc) is 3.10. The van der Waals surface area contributed by atoms with Gasteiger partial charge in [-0.3, -0.25) is 4.68 Å². The molecule has 4 rings (SSSR count). The highest BCUT2D eigenvalue weighted by Gasteiger charge is 2.19. The summed E-state index contributed by atoms with van der Waals surface area (Å²) in [4.78, 5) is 8.89. The molecule has 100 valence electrons. The first kappa shape index (κ1) is 11.4. The van der Waals surface area contributed by atoms with Crippen LogP contribution in [0.2, 0.25) is 0 Å². The zero-order valence-corrected chi connectivity index (χ0v) is 11.3. The maximum atomic E-state index is 4.76. The molecule has 1 aliphatic heterocycles. The number of rotatable bonds is 3. The molecule has 0 spiro atoms. The molecule has 1 aromatic carbocycles. The molecule has 0 saturated carbocycles. The van der Waals surface area contributed by atoms with Gasteiger partial charge in [0, 0.05) is 31.3 Å². The molecule has 1 aliphatic rings. The smallest absolute Gasteiger partial charge is 0.147 e. The third kappa shape index (κ3) is 1.82. The third-order valence-electron chi connectivity index (χ3n) is 3.67. The van der Waals surface area contributed by atoms with Crippen LogP contribution in [0, 0.1) is 6.92 Å². The zero-order chi connectivity index (χ0) is 13.5. The van der Waals surface area contributed by atoms with Crippen molar-refractivity contribution in [3.8, 4) is 11.4 Å². The van der Waals surface area contributed by atoms with Crippen molar-refractivity contribution in [2.75, 3.05) is 0 Å². The fourth-order valence-corrected chi connectivity index (χ4v) is 2.71. The summed E-state index contributed by atoms with van der Waals surface area (Å²) in [6.45, 7) is 3.65. The number of benzene rings is 1. The Bertz CT molecular complexity index is 768. The largest absolute Gasteiger partial charge is 0.326 e. The molecule has 0 N–H and O–H groups in total. The van der Waals surface area contributed by atoms with Crippen molar-refractivity contribution in [2.24, 2.45) is 0 Å². The standard InChI is InChI=1S/C15H15N5/c1-11-16-10-20(18-11)7-6-13-9-19-8-12-4-2-3-5-14(12)15(19)17-13/h2-5,9-10H,6-8H2,1H3. The Labute approximate surface area is 116 Å². The van der Waals surface area contributed by atoms with E-state index in [0.29, 0.717) is 0 Å². The monoisotopic (exact) mass is 265 g/mol. The van der Waals surface area contributed by atoms with Crippen LogP contribution in [-0.2, 0) is 19.5 Å². The van der Waals surface area contributed by atoms with Gasteiger partial charge in [-0.05, 0) is 12.5 Å². The van der Waals surface area contributed by atoms with E-state index in [-0.39, 0.29) is 0 Å². The number of hydrogen-bond acceptors (Lipinski definition) is 3. The van der Waals surface area contributed by atoms with Crippen molar-refractivity contribution in [1.82, 2.24) is 24.3 Å². The van der Waals surface area contributed by atoms with Gasteiger partial charge < -0.3 is 4.57 Å². The summed E-state index contributed by atoms with van der Waals surface area (Å²) < 4.78 is 4.10. The van der Waals surface area contributed by atoms with Gasteiger partial charge >= 0.3 is 0 Å². The Morgan fingerprint density at radius 3 is 3.00 bits per heavy atom. The van der Waals surface area contributed by atoms with E-state index in [1.807, 2.05) is 11.6 Å². The van der Waals surface area contributed by atoms with Gasteiger partial charge in [0.2, 0.25) is 0 Å². The Balaban J connectivity index is 1.55. The lowest BCUT2D eigenvalue weighted by Gasteiger charge is -1.99. The minimum atomic E-state index is 0.811. The molecule has 0 atom stereocenters. The van der Waals surface area contributed by atoms with Gasteiger partial charge in [0.15, 0.2) is 0 Å². The van der Waals surface area contributed by atoms with E-state index in [2.05, 4.69) is 45.1 Å². The molecule has 20 heavy (non-hydrogen) atoms. The van der Waals surface area contributed by atoms with E-state index in [1.54, 1.807) is 6.33 Å². The summed E-state index contributed by atoms with van der Waals surface area (Å²) in [5.41, 5.74) is 3.73. The van der Waals surface area contributed by atoms with Crippen molar-refractivity contribution in [1.29, 1.82) is 0 Å². The molecule has 0 unspecified atom stereocenters. The molecule has 3 heterocycles. The first-order chi connectivity index (χ1) is 9.79. The molecule has 3 aromatic rings. The van der Waals surface area contributed by atoms with Gasteiger partial charge in [-0.25, -0.2) is 9.97 Å². The van der Waals surface area contributed by atoms with E-state index >= 15 is 0 Å². The summed E-state index contributed by atoms with van der Waals surface area (Å²) in [6, 6.07) is 8.47. The molecule has 0 fully saturated rings. The summed E-state index contributed by atoms with van der Waals surface area (Å²) in [5, 5.41) is 4.30. The predicted octanol–water partition coefficient (Wildman–Crippen LogP) is 2.05. The van der Waals surface area contributed by atoms with Gasteiger partial charge in [0.25, 0.3) is 0 Å². The molecule has 5 heteroatoms. The SMILES string of the molecule is Cc1ncn(CCc2cn3c(n2)-c2ccccc2C3)n1. The van der Waals surface area contributed by atoms with Crippen molar-refractivity contribution in [3.05, 3.63) is 53.9 Å². The van der Waals surface area contributed by atoms with Gasteiger partial charge in [0.1, 0.15) is 18.0 Å². The van der Waals surface area contributed by atoms with Crippen LogP contribution < -0.4 is 0 Å². The molecule has 5 nitrogen and oxygen atoms in total. The highest BCUT2D eigenvalue weighted by Crippen LogP contribution is 2.30. The zero-order valence-electron chi connectivity index (χ0n) is 11.3. The van der Waals surface area contributed by atoms with Crippen LogP contribution in [0.5, 0.6) is 0 Å². The second kappa shape index (κ2) is 4.30. The number of fused-ring (bicyclic) bond motifs is 3. The van der Waals surface area contributed by atoms with E-state index in [9.17, 15) is 0 Å². The molecule has 0 radical (unpaired) electrons. The molecule has 0 amide bonds. The Hall–Kier alpha value is -2.43. The lowest BCUT2D eigenvalue weighted by molar-refractivity contribution is 0.603. The van der Waals surface area contributed by atoms with Crippen LogP contribution in [-0.4, -0.2) is 24.3 Å². The number of aromatic nitrogens is 5. The van der Waals surface area contributed by atoms with Gasteiger partial charge in [-0.15, -0.1) is 0 Å². The average molecular weight is 265 g/mol. The summed E-state index contributed by atoms with van der Waals surface area (Å²) >= 11 is 0.